The van der Waals surface area contributed by atoms with Gasteiger partial charge in [-0.05, 0) is 66.0 Å². The number of carbonyl (C=O) groups is 1. The molecule has 1 saturated heterocycles. The average molecular weight is 401 g/mol. The van der Waals surface area contributed by atoms with Crippen molar-refractivity contribution in [1.82, 2.24) is 14.8 Å². The molecule has 0 saturated carbocycles. The average Bonchev–Trinajstić information content (AvgIpc) is 3.27. The Balaban J connectivity index is 1.40. The molecule has 1 aliphatic heterocycles. The Kier molecular flexibility index (Phi) is 6.10. The number of nitrogens with two attached hydrogens (primary N) is 1. The molecule has 1 aliphatic rings. The number of nitrogens with zero attached hydrogens (tertiary/aromatic N) is 3. The van der Waals surface area contributed by atoms with Gasteiger partial charge in [0.2, 0.25) is 5.91 Å². The molecular formula is C25H28N4O. The van der Waals surface area contributed by atoms with Gasteiger partial charge in [-0.1, -0.05) is 36.4 Å². The summed E-state index contributed by atoms with van der Waals surface area (Å²) >= 11 is 0. The Morgan fingerprint density at radius 1 is 1.13 bits per heavy atom. The lowest BCUT2D eigenvalue weighted by molar-refractivity contribution is -0.125. The Bertz CT molecular complexity index is 1070. The van der Waals surface area contributed by atoms with Crippen LogP contribution in [0.15, 0.2) is 60.8 Å². The van der Waals surface area contributed by atoms with Crippen molar-refractivity contribution < 1.29 is 4.79 Å². The van der Waals surface area contributed by atoms with Crippen LogP contribution in [0.2, 0.25) is 0 Å². The smallest absolute Gasteiger partial charge is 0.246 e. The number of aromatic nitrogens is 1. The molecule has 30 heavy (non-hydrogen) atoms. The Labute approximate surface area is 177 Å². The molecule has 5 nitrogen and oxygen atoms in total. The molecule has 3 aromatic rings. The van der Waals surface area contributed by atoms with Gasteiger partial charge in [0.1, 0.15) is 5.82 Å². The van der Waals surface area contributed by atoms with Gasteiger partial charge in [0, 0.05) is 38.0 Å². The summed E-state index contributed by atoms with van der Waals surface area (Å²) in [7, 11) is 1.82. The summed E-state index contributed by atoms with van der Waals surface area (Å²) in [6, 6.07) is 16.6. The molecule has 0 spiro atoms. The van der Waals surface area contributed by atoms with Crippen LogP contribution in [0.3, 0.4) is 0 Å². The van der Waals surface area contributed by atoms with Crippen molar-refractivity contribution in [2.24, 2.45) is 0 Å². The summed E-state index contributed by atoms with van der Waals surface area (Å²) in [5, 5.41) is 2.39. The van der Waals surface area contributed by atoms with E-state index in [2.05, 4.69) is 40.2 Å². The Morgan fingerprint density at radius 3 is 2.70 bits per heavy atom. The number of fused-ring (bicyclic) bond motifs is 1. The zero-order chi connectivity index (χ0) is 20.9. The third-order valence-corrected chi connectivity index (χ3v) is 5.64. The molecule has 1 aromatic heterocycles. The van der Waals surface area contributed by atoms with Gasteiger partial charge in [-0.2, -0.15) is 0 Å². The highest BCUT2D eigenvalue weighted by atomic mass is 16.2. The van der Waals surface area contributed by atoms with Gasteiger partial charge in [-0.25, -0.2) is 4.98 Å². The minimum absolute atomic E-state index is 0.0407. The van der Waals surface area contributed by atoms with Crippen LogP contribution in [-0.2, 0) is 17.9 Å². The van der Waals surface area contributed by atoms with Gasteiger partial charge in [0.15, 0.2) is 0 Å². The van der Waals surface area contributed by atoms with Crippen LogP contribution >= 0.6 is 0 Å². The summed E-state index contributed by atoms with van der Waals surface area (Å²) in [6.07, 6.45) is 7.62. The number of amides is 1. The van der Waals surface area contributed by atoms with Crippen molar-refractivity contribution in [3.8, 4) is 0 Å². The maximum Gasteiger partial charge on any atom is 0.246 e. The van der Waals surface area contributed by atoms with E-state index >= 15 is 0 Å². The SMILES string of the molecule is CN(Cc1ccc2ccccc2c1)C(=O)/C=C/c1cnc(N)c(CN2CCCC2)c1. The molecule has 1 amide bonds. The van der Waals surface area contributed by atoms with E-state index in [1.54, 1.807) is 17.2 Å². The fourth-order valence-electron chi connectivity index (χ4n) is 3.92. The van der Waals surface area contributed by atoms with E-state index in [1.165, 1.54) is 23.6 Å². The molecule has 0 unspecified atom stereocenters. The fourth-order valence-corrected chi connectivity index (χ4v) is 3.92. The molecule has 1 fully saturated rings. The summed E-state index contributed by atoms with van der Waals surface area (Å²) < 4.78 is 0. The molecule has 0 radical (unpaired) electrons. The van der Waals surface area contributed by atoms with Crippen LogP contribution in [0.25, 0.3) is 16.8 Å². The molecule has 154 valence electrons. The molecular weight excluding hydrogens is 372 g/mol. The molecule has 0 bridgehead atoms. The zero-order valence-corrected chi connectivity index (χ0v) is 17.4. The zero-order valence-electron chi connectivity index (χ0n) is 17.4. The van der Waals surface area contributed by atoms with E-state index in [0.29, 0.717) is 12.4 Å². The number of likely N-dealkylation sites (tertiary alicyclic amines) is 1. The number of benzene rings is 2. The van der Waals surface area contributed by atoms with E-state index < -0.39 is 0 Å². The number of carbonyl (C=O) groups excluding carboxylic acids is 1. The molecule has 2 heterocycles. The van der Waals surface area contributed by atoms with Crippen molar-refractivity contribution >= 4 is 28.6 Å². The number of anilines is 1. The Hall–Kier alpha value is -3.18. The van der Waals surface area contributed by atoms with E-state index in [4.69, 9.17) is 5.73 Å². The van der Waals surface area contributed by atoms with Crippen molar-refractivity contribution in [2.75, 3.05) is 25.9 Å². The van der Waals surface area contributed by atoms with Gasteiger partial charge < -0.3 is 10.6 Å². The maximum absolute atomic E-state index is 12.6. The number of likely N-dealkylation sites (N-methyl/N-ethyl adjacent to an activating group) is 1. The van der Waals surface area contributed by atoms with E-state index in [9.17, 15) is 4.79 Å². The van der Waals surface area contributed by atoms with E-state index in [1.807, 2.05) is 31.3 Å². The molecule has 0 atom stereocenters. The van der Waals surface area contributed by atoms with E-state index in [0.717, 1.165) is 36.3 Å². The van der Waals surface area contributed by atoms with E-state index in [-0.39, 0.29) is 5.91 Å². The van der Waals surface area contributed by atoms with Crippen LogP contribution in [0.1, 0.15) is 29.5 Å². The topological polar surface area (TPSA) is 62.5 Å². The summed E-state index contributed by atoms with van der Waals surface area (Å²) in [5.74, 6) is 0.528. The monoisotopic (exact) mass is 400 g/mol. The largest absolute Gasteiger partial charge is 0.383 e. The van der Waals surface area contributed by atoms with Crippen LogP contribution in [0, 0.1) is 0 Å². The van der Waals surface area contributed by atoms with Gasteiger partial charge in [0.25, 0.3) is 0 Å². The molecule has 5 heteroatoms. The molecule has 2 N–H and O–H groups in total. The highest BCUT2D eigenvalue weighted by Crippen LogP contribution is 2.19. The molecule has 4 rings (SSSR count). The second-order valence-corrected chi connectivity index (χ2v) is 8.01. The number of nitrogen functional groups attached to an aromatic ring is 1. The lowest BCUT2D eigenvalue weighted by atomic mass is 10.1. The molecule has 2 aromatic carbocycles. The highest BCUT2D eigenvalue weighted by molar-refractivity contribution is 5.91. The second-order valence-electron chi connectivity index (χ2n) is 8.01. The third-order valence-electron chi connectivity index (χ3n) is 5.64. The summed E-state index contributed by atoms with van der Waals surface area (Å²) in [5.41, 5.74) is 9.09. The van der Waals surface area contributed by atoms with Crippen LogP contribution in [0.5, 0.6) is 0 Å². The predicted molar refractivity (Wildman–Crippen MR) is 123 cm³/mol. The van der Waals surface area contributed by atoms with Gasteiger partial charge in [0.05, 0.1) is 0 Å². The molecule has 0 aliphatic carbocycles. The normalized spacial score (nSPS) is 14.6. The lowest BCUT2D eigenvalue weighted by Gasteiger charge is -2.16. The Morgan fingerprint density at radius 2 is 1.90 bits per heavy atom. The number of hydrogen-bond acceptors (Lipinski definition) is 4. The maximum atomic E-state index is 12.6. The summed E-state index contributed by atoms with van der Waals surface area (Å²) in [4.78, 5) is 21.0. The summed E-state index contributed by atoms with van der Waals surface area (Å²) in [6.45, 7) is 3.60. The number of pyridine rings is 1. The fraction of sp³-hybridized carbons (Fsp3) is 0.280. The van der Waals surface area contributed by atoms with Gasteiger partial charge in [-0.3, -0.25) is 9.69 Å². The van der Waals surface area contributed by atoms with Crippen LogP contribution in [-0.4, -0.2) is 40.8 Å². The van der Waals surface area contributed by atoms with Crippen LogP contribution in [0.4, 0.5) is 5.82 Å². The first-order valence-electron chi connectivity index (χ1n) is 10.5. The first-order valence-corrected chi connectivity index (χ1v) is 10.5. The number of hydrogen-bond donors (Lipinski definition) is 1. The highest BCUT2D eigenvalue weighted by Gasteiger charge is 2.14. The van der Waals surface area contributed by atoms with Crippen molar-refractivity contribution in [1.29, 1.82) is 0 Å². The van der Waals surface area contributed by atoms with Crippen molar-refractivity contribution in [3.63, 3.8) is 0 Å². The predicted octanol–water partition coefficient (Wildman–Crippen LogP) is 4.08. The third kappa shape index (κ3) is 4.86. The minimum atomic E-state index is -0.0407. The second kappa shape index (κ2) is 9.09. The van der Waals surface area contributed by atoms with Gasteiger partial charge in [-0.15, -0.1) is 0 Å². The lowest BCUT2D eigenvalue weighted by Crippen LogP contribution is -2.24. The standard InChI is InChI=1S/C25H28N4O/c1-28(17-20-8-10-21-6-2-3-7-22(21)15-20)24(30)11-9-19-14-23(25(26)27-16-19)18-29-12-4-5-13-29/h2-3,6-11,14-16H,4-5,12-13,17-18H2,1H3,(H2,26,27)/b11-9+. The minimum Gasteiger partial charge on any atom is -0.383 e. The number of rotatable bonds is 6. The first-order chi connectivity index (χ1) is 14.6. The quantitative estimate of drug-likeness (QED) is 0.633. The first kappa shape index (κ1) is 20.1. The van der Waals surface area contributed by atoms with Crippen molar-refractivity contribution in [2.45, 2.75) is 25.9 Å². The van der Waals surface area contributed by atoms with Crippen LogP contribution < -0.4 is 5.73 Å². The van der Waals surface area contributed by atoms with Gasteiger partial charge >= 0.3 is 0 Å². The van der Waals surface area contributed by atoms with Crippen molar-refractivity contribution in [3.05, 3.63) is 77.5 Å².